The van der Waals surface area contributed by atoms with Crippen LogP contribution in [0.25, 0.3) is 56.1 Å². The number of pyridine rings is 1. The highest BCUT2D eigenvalue weighted by atomic mass is 16.5. The molecule has 0 spiro atoms. The number of hydrogen-bond acceptors (Lipinski definition) is 5. The van der Waals surface area contributed by atoms with E-state index in [1.54, 1.807) is 17.1 Å². The molecular formula is C43H36N8O. The molecule has 0 aliphatic carbocycles. The lowest BCUT2D eigenvalue weighted by Gasteiger charge is -2.22. The van der Waals surface area contributed by atoms with Crippen molar-refractivity contribution in [2.45, 2.75) is 33.1 Å². The van der Waals surface area contributed by atoms with Gasteiger partial charge in [0, 0.05) is 53.9 Å². The van der Waals surface area contributed by atoms with E-state index in [9.17, 15) is 0 Å². The number of hydrogen-bond donors (Lipinski definition) is 0. The van der Waals surface area contributed by atoms with E-state index >= 15 is 0 Å². The number of benzene rings is 4. The van der Waals surface area contributed by atoms with Crippen LogP contribution in [0.3, 0.4) is 0 Å². The lowest BCUT2D eigenvalue weighted by molar-refractivity contribution is 0.478. The van der Waals surface area contributed by atoms with Crippen molar-refractivity contribution < 1.29 is 4.74 Å². The molecule has 0 aliphatic heterocycles. The van der Waals surface area contributed by atoms with Crippen molar-refractivity contribution in [3.8, 4) is 45.8 Å². The molecule has 0 aliphatic rings. The maximum atomic E-state index is 6.80. The largest absolute Gasteiger partial charge is 0.457 e. The fourth-order valence-corrected chi connectivity index (χ4v) is 6.84. The zero-order valence-corrected chi connectivity index (χ0v) is 29.3. The van der Waals surface area contributed by atoms with Crippen molar-refractivity contribution in [2.75, 3.05) is 0 Å². The summed E-state index contributed by atoms with van der Waals surface area (Å²) in [5, 5.41) is 16.8. The average Bonchev–Trinajstić information content (AvgIpc) is 3.97. The molecule has 0 saturated heterocycles. The van der Waals surface area contributed by atoms with Crippen LogP contribution in [0.5, 0.6) is 11.5 Å². The van der Waals surface area contributed by atoms with Crippen LogP contribution < -0.4 is 4.74 Å². The Labute approximate surface area is 301 Å². The molecular weight excluding hydrogens is 645 g/mol. The molecule has 9 aromatic rings. The Hall–Kier alpha value is -6.74. The number of aromatic nitrogens is 8. The number of ether oxygens (including phenoxy) is 1. The normalized spacial score (nSPS) is 11.8. The zero-order chi connectivity index (χ0) is 35.4. The first-order valence-corrected chi connectivity index (χ1v) is 17.3. The predicted octanol–water partition coefficient (Wildman–Crippen LogP) is 9.80. The van der Waals surface area contributed by atoms with E-state index in [1.807, 2.05) is 76.5 Å². The first-order chi connectivity index (χ1) is 25.3. The molecule has 5 aromatic heterocycles. The van der Waals surface area contributed by atoms with Crippen LogP contribution in [0.2, 0.25) is 0 Å². The van der Waals surface area contributed by atoms with Crippen molar-refractivity contribution in [1.82, 2.24) is 38.9 Å². The quantitative estimate of drug-likeness (QED) is 0.167. The predicted molar refractivity (Wildman–Crippen MR) is 205 cm³/mol. The van der Waals surface area contributed by atoms with Gasteiger partial charge >= 0.3 is 0 Å². The Morgan fingerprint density at radius 3 is 2.13 bits per heavy atom. The Morgan fingerprint density at radius 1 is 0.635 bits per heavy atom. The number of nitrogens with zero attached hydrogens (tertiary/aromatic N) is 8. The maximum absolute atomic E-state index is 6.80. The highest BCUT2D eigenvalue weighted by molar-refractivity contribution is 6.09. The van der Waals surface area contributed by atoms with Crippen LogP contribution in [0.4, 0.5) is 0 Å². The monoisotopic (exact) mass is 680 g/mol. The number of rotatable bonds is 7. The fourth-order valence-electron chi connectivity index (χ4n) is 6.84. The minimum atomic E-state index is -0.187. The van der Waals surface area contributed by atoms with Crippen molar-refractivity contribution >= 4 is 21.8 Å². The van der Waals surface area contributed by atoms with E-state index in [4.69, 9.17) is 14.8 Å². The molecule has 9 rings (SSSR count). The summed E-state index contributed by atoms with van der Waals surface area (Å²) < 4.78 is 14.6. The molecule has 0 bridgehead atoms. The van der Waals surface area contributed by atoms with E-state index in [1.165, 1.54) is 0 Å². The second kappa shape index (κ2) is 12.2. The third kappa shape index (κ3) is 5.43. The molecule has 0 amide bonds. The Morgan fingerprint density at radius 2 is 1.38 bits per heavy atom. The number of aryl methyl sites for hydroxylation is 1. The van der Waals surface area contributed by atoms with Gasteiger partial charge in [0.2, 0.25) is 0 Å². The Kier molecular flexibility index (Phi) is 7.36. The number of fused-ring (bicyclic) bond motifs is 3. The maximum Gasteiger partial charge on any atom is 0.185 e. The van der Waals surface area contributed by atoms with E-state index in [0.717, 1.165) is 67.1 Å². The van der Waals surface area contributed by atoms with Crippen LogP contribution in [0.1, 0.15) is 31.9 Å². The second-order valence-electron chi connectivity index (χ2n) is 14.0. The molecule has 9 nitrogen and oxygen atoms in total. The van der Waals surface area contributed by atoms with Gasteiger partial charge in [-0.05, 0) is 83.6 Å². The summed E-state index contributed by atoms with van der Waals surface area (Å²) in [6, 6.07) is 39.3. The van der Waals surface area contributed by atoms with Crippen molar-refractivity contribution in [1.29, 1.82) is 0 Å². The summed E-state index contributed by atoms with van der Waals surface area (Å²) in [5.74, 6) is 3.76. The van der Waals surface area contributed by atoms with Crippen molar-refractivity contribution in [3.63, 3.8) is 0 Å². The first-order valence-electron chi connectivity index (χ1n) is 17.3. The minimum Gasteiger partial charge on any atom is -0.457 e. The summed E-state index contributed by atoms with van der Waals surface area (Å²) in [6.45, 7) is 8.71. The van der Waals surface area contributed by atoms with Gasteiger partial charge in [-0.2, -0.15) is 10.2 Å². The summed E-state index contributed by atoms with van der Waals surface area (Å²) in [6.07, 6.45) is 9.25. The lowest BCUT2D eigenvalue weighted by atomic mass is 9.86. The molecule has 0 unspecified atom stereocenters. The van der Waals surface area contributed by atoms with Crippen LogP contribution in [0, 0.1) is 6.92 Å². The average molecular weight is 681 g/mol. The molecule has 52 heavy (non-hydrogen) atoms. The lowest BCUT2D eigenvalue weighted by Crippen LogP contribution is -2.13. The van der Waals surface area contributed by atoms with E-state index in [-0.39, 0.29) is 5.41 Å². The smallest absolute Gasteiger partial charge is 0.185 e. The Balaban J connectivity index is 1.23. The Bertz CT molecular complexity index is 2700. The topological polar surface area (TPSA) is 80.5 Å². The van der Waals surface area contributed by atoms with Crippen LogP contribution in [0.15, 0.2) is 146 Å². The molecule has 5 heterocycles. The molecule has 0 saturated carbocycles. The molecule has 0 N–H and O–H groups in total. The summed E-state index contributed by atoms with van der Waals surface area (Å²) in [5.41, 5.74) is 6.91. The van der Waals surface area contributed by atoms with Gasteiger partial charge in [-0.3, -0.25) is 4.57 Å². The molecule has 0 fully saturated rings. The first kappa shape index (κ1) is 31.3. The van der Waals surface area contributed by atoms with Crippen molar-refractivity contribution in [2.24, 2.45) is 0 Å². The molecule has 0 radical (unpaired) electrons. The molecule has 254 valence electrons. The van der Waals surface area contributed by atoms with Gasteiger partial charge < -0.3 is 4.74 Å². The highest BCUT2D eigenvalue weighted by Crippen LogP contribution is 2.39. The molecule has 0 atom stereocenters. The third-order valence-electron chi connectivity index (χ3n) is 9.36. The van der Waals surface area contributed by atoms with Gasteiger partial charge in [0.05, 0.1) is 22.3 Å². The van der Waals surface area contributed by atoms with E-state index < -0.39 is 0 Å². The highest BCUT2D eigenvalue weighted by Gasteiger charge is 2.26. The SMILES string of the molecule is Cc1ccnc(-n2c3ccccc3c3ccc(Oc4cc(-n5nc(-n6cccn6)c(-c6ccccc6)c5-n5cccn5)cc(C(C)(C)C)c4)cc32)c1. The van der Waals surface area contributed by atoms with Gasteiger partial charge in [0.25, 0.3) is 0 Å². The third-order valence-corrected chi connectivity index (χ3v) is 9.36. The fraction of sp³-hybridized carbons (Fsp3) is 0.116. The molecule has 4 aromatic carbocycles. The molecule has 9 heteroatoms. The number of para-hydroxylation sites is 1. The van der Waals surface area contributed by atoms with E-state index in [2.05, 4.69) is 109 Å². The van der Waals surface area contributed by atoms with Crippen LogP contribution in [-0.4, -0.2) is 38.9 Å². The van der Waals surface area contributed by atoms with Gasteiger partial charge in [0.15, 0.2) is 11.6 Å². The summed E-state index contributed by atoms with van der Waals surface area (Å²) >= 11 is 0. The van der Waals surface area contributed by atoms with Crippen molar-refractivity contribution in [3.05, 3.63) is 157 Å². The second-order valence-corrected chi connectivity index (χ2v) is 14.0. The van der Waals surface area contributed by atoms with E-state index in [0.29, 0.717) is 11.6 Å². The summed E-state index contributed by atoms with van der Waals surface area (Å²) in [7, 11) is 0. The zero-order valence-electron chi connectivity index (χ0n) is 29.3. The van der Waals surface area contributed by atoms with Gasteiger partial charge in [-0.15, -0.1) is 5.10 Å². The van der Waals surface area contributed by atoms with Gasteiger partial charge in [0.1, 0.15) is 17.3 Å². The van der Waals surface area contributed by atoms with Crippen LogP contribution in [-0.2, 0) is 5.41 Å². The summed E-state index contributed by atoms with van der Waals surface area (Å²) in [4.78, 5) is 4.76. The van der Waals surface area contributed by atoms with Crippen LogP contribution >= 0.6 is 0 Å². The standard InChI is InChI=1S/C43H36N8O/c1-29-18-21-44-39(24-29)50-37-15-9-8-14-35(37)36-17-16-33(28-38(36)50)52-34-26-31(43(2,3)4)25-32(27-34)51-42(49-23-11-20-46-49)40(30-12-6-5-7-13-30)41(47-51)48-22-10-19-45-48/h5-28H,1-4H3. The van der Waals surface area contributed by atoms with Gasteiger partial charge in [-0.25, -0.2) is 19.0 Å². The van der Waals surface area contributed by atoms with Gasteiger partial charge in [-0.1, -0.05) is 69.3 Å². The minimum absolute atomic E-state index is 0.187.